The lowest BCUT2D eigenvalue weighted by molar-refractivity contribution is 0.364. The lowest BCUT2D eigenvalue weighted by Crippen LogP contribution is -2.48. The average Bonchev–Trinajstić information content (AvgIpc) is 3.44. The van der Waals surface area contributed by atoms with E-state index >= 15 is 0 Å². The van der Waals surface area contributed by atoms with Gasteiger partial charge in [0.2, 0.25) is 5.95 Å². The fraction of sp³-hybridized carbons (Fsp3) is 0.323. The zero-order valence-electron chi connectivity index (χ0n) is 25.9. The molecule has 1 aliphatic rings. The molecule has 1 fully saturated rings. The summed E-state index contributed by atoms with van der Waals surface area (Å²) in [6.45, 7) is 7.23. The Morgan fingerprint density at radius 1 is 1.04 bits per heavy atom. The van der Waals surface area contributed by atoms with Crippen LogP contribution in [0, 0.1) is 0 Å². The van der Waals surface area contributed by atoms with Gasteiger partial charge in [0.05, 0.1) is 40.0 Å². The van der Waals surface area contributed by atoms with E-state index in [9.17, 15) is 4.57 Å². The molecule has 12 nitrogen and oxygen atoms in total. The van der Waals surface area contributed by atoms with Crippen LogP contribution in [0.2, 0.25) is 0 Å². The van der Waals surface area contributed by atoms with E-state index in [1.54, 1.807) is 43.7 Å². The highest BCUT2D eigenvalue weighted by atomic mass is 79.9. The Hall–Kier alpha value is -4.06. The zero-order chi connectivity index (χ0) is 31.9. The Bertz CT molecular complexity index is 1930. The number of nitrogens with two attached hydrogens (primary N) is 1. The molecule has 0 aliphatic carbocycles. The number of aryl methyl sites for hydroxylation is 1. The Balaban J connectivity index is 1.37. The number of methoxy groups -OCH3 is 1. The van der Waals surface area contributed by atoms with Gasteiger partial charge in [-0.15, -0.1) is 0 Å². The first-order valence-electron chi connectivity index (χ1n) is 14.5. The molecule has 0 amide bonds. The first kappa shape index (κ1) is 30.9. The Kier molecular flexibility index (Phi) is 8.28. The number of hydrogen-bond acceptors (Lipinski definition) is 11. The van der Waals surface area contributed by atoms with Crippen LogP contribution in [-0.4, -0.2) is 68.8 Å². The minimum absolute atomic E-state index is 0.173. The second-order valence-corrected chi connectivity index (χ2v) is 16.0. The van der Waals surface area contributed by atoms with Crippen LogP contribution < -0.4 is 31.3 Å². The molecule has 0 saturated carbocycles. The maximum absolute atomic E-state index is 13.4. The van der Waals surface area contributed by atoms with Crippen molar-refractivity contribution >= 4 is 68.2 Å². The quantitative estimate of drug-likeness (QED) is 0.174. The van der Waals surface area contributed by atoms with Gasteiger partial charge in [0.1, 0.15) is 24.2 Å². The van der Waals surface area contributed by atoms with E-state index < -0.39 is 7.14 Å². The first-order chi connectivity index (χ1) is 21.4. The summed E-state index contributed by atoms with van der Waals surface area (Å²) in [5, 5.41) is 11.7. The van der Waals surface area contributed by atoms with E-state index in [4.69, 9.17) is 15.5 Å². The maximum atomic E-state index is 13.4. The van der Waals surface area contributed by atoms with Gasteiger partial charge in [0.25, 0.3) is 0 Å². The standard InChI is InChI=1S/C31H36BrN10O2P/c1-31(33)8-12-42(13-9-31)25-15-26(44-3)24(14-20(25)19-16-37-41(2)18-19)39-30-36-17-21(32)29(40-30)38-23-7-6-22-27(35-11-10-34-22)28(23)45(4,5)43/h6-7,10-11,14-18H,8-9,12-13,33H2,1-5H3,(H2,36,38,39,40). The summed E-state index contributed by atoms with van der Waals surface area (Å²) in [7, 11) is 0.789. The van der Waals surface area contributed by atoms with E-state index in [2.05, 4.69) is 58.4 Å². The van der Waals surface area contributed by atoms with Crippen molar-refractivity contribution in [2.45, 2.75) is 25.3 Å². The number of fused-ring (bicyclic) bond motifs is 1. The number of aromatic nitrogens is 6. The molecule has 0 spiro atoms. The highest BCUT2D eigenvalue weighted by molar-refractivity contribution is 9.10. The number of nitrogens with one attached hydrogen (secondary N) is 2. The molecule has 45 heavy (non-hydrogen) atoms. The number of benzene rings is 2. The lowest BCUT2D eigenvalue weighted by atomic mass is 9.90. The van der Waals surface area contributed by atoms with Crippen LogP contribution in [0.15, 0.2) is 59.7 Å². The van der Waals surface area contributed by atoms with Crippen molar-refractivity contribution in [1.82, 2.24) is 29.7 Å². The van der Waals surface area contributed by atoms with Gasteiger partial charge in [0, 0.05) is 73.3 Å². The predicted molar refractivity (Wildman–Crippen MR) is 184 cm³/mol. The summed E-state index contributed by atoms with van der Waals surface area (Å²) in [4.78, 5) is 20.5. The molecule has 0 bridgehead atoms. The van der Waals surface area contributed by atoms with Crippen molar-refractivity contribution in [3.05, 3.63) is 59.7 Å². The van der Waals surface area contributed by atoms with Gasteiger partial charge in [-0.05, 0) is 67.2 Å². The summed E-state index contributed by atoms with van der Waals surface area (Å²) in [6, 6.07) is 7.79. The third kappa shape index (κ3) is 6.51. The molecular weight excluding hydrogens is 655 g/mol. The first-order valence-corrected chi connectivity index (χ1v) is 17.9. The number of piperidine rings is 1. The fourth-order valence-corrected chi connectivity index (χ4v) is 7.26. The Morgan fingerprint density at radius 2 is 1.80 bits per heavy atom. The molecule has 4 N–H and O–H groups in total. The number of hydrogen-bond donors (Lipinski definition) is 3. The van der Waals surface area contributed by atoms with E-state index in [1.165, 1.54) is 0 Å². The van der Waals surface area contributed by atoms with E-state index in [0.29, 0.717) is 49.7 Å². The van der Waals surface area contributed by atoms with Crippen molar-refractivity contribution in [2.24, 2.45) is 12.8 Å². The van der Waals surface area contributed by atoms with E-state index in [1.807, 2.05) is 43.7 Å². The van der Waals surface area contributed by atoms with E-state index in [0.717, 1.165) is 42.7 Å². The van der Waals surface area contributed by atoms with Crippen LogP contribution >= 0.6 is 23.1 Å². The molecule has 4 heterocycles. The monoisotopic (exact) mass is 690 g/mol. The summed E-state index contributed by atoms with van der Waals surface area (Å²) in [5.74, 6) is 1.48. The maximum Gasteiger partial charge on any atom is 0.229 e. The minimum atomic E-state index is -2.76. The average molecular weight is 692 g/mol. The molecule has 3 aromatic heterocycles. The third-order valence-corrected chi connectivity index (χ3v) is 10.1. The van der Waals surface area contributed by atoms with Crippen LogP contribution in [0.25, 0.3) is 22.2 Å². The number of halogens is 1. The molecular formula is C31H36BrN10O2P. The van der Waals surface area contributed by atoms with Crippen LogP contribution in [0.5, 0.6) is 5.75 Å². The second-order valence-electron chi connectivity index (χ2n) is 12.0. The second kappa shape index (κ2) is 12.0. The molecule has 1 aliphatic heterocycles. The Labute approximate surface area is 270 Å². The molecule has 234 valence electrons. The van der Waals surface area contributed by atoms with Crippen molar-refractivity contribution in [3.63, 3.8) is 0 Å². The van der Waals surface area contributed by atoms with Crippen molar-refractivity contribution in [2.75, 3.05) is 49.1 Å². The topological polar surface area (TPSA) is 149 Å². The number of rotatable bonds is 8. The predicted octanol–water partition coefficient (Wildman–Crippen LogP) is 5.64. The van der Waals surface area contributed by atoms with E-state index in [-0.39, 0.29) is 5.54 Å². The molecule has 2 aromatic carbocycles. The third-order valence-electron chi connectivity index (χ3n) is 7.98. The lowest BCUT2D eigenvalue weighted by Gasteiger charge is -2.39. The molecule has 14 heteroatoms. The van der Waals surface area contributed by atoms with Gasteiger partial charge in [0.15, 0.2) is 0 Å². The van der Waals surface area contributed by atoms with Gasteiger partial charge in [-0.25, -0.2) is 4.98 Å². The number of nitrogens with zero attached hydrogens (tertiary/aromatic N) is 7. The summed E-state index contributed by atoms with van der Waals surface area (Å²) >= 11 is 3.57. The summed E-state index contributed by atoms with van der Waals surface area (Å²) in [6.07, 6.45) is 10.5. The largest absolute Gasteiger partial charge is 0.494 e. The van der Waals surface area contributed by atoms with Crippen molar-refractivity contribution in [3.8, 4) is 16.9 Å². The van der Waals surface area contributed by atoms with Gasteiger partial charge >= 0.3 is 0 Å². The van der Waals surface area contributed by atoms with Crippen LogP contribution in [0.3, 0.4) is 0 Å². The van der Waals surface area contributed by atoms with Crippen LogP contribution in [0.4, 0.5) is 28.8 Å². The number of anilines is 5. The smallest absolute Gasteiger partial charge is 0.229 e. The molecule has 5 aromatic rings. The summed E-state index contributed by atoms with van der Waals surface area (Å²) in [5.41, 5.74) is 11.9. The van der Waals surface area contributed by atoms with Gasteiger partial charge in [-0.1, -0.05) is 0 Å². The van der Waals surface area contributed by atoms with Crippen molar-refractivity contribution < 1.29 is 9.30 Å². The van der Waals surface area contributed by atoms with Gasteiger partial charge < -0.3 is 30.6 Å². The normalized spacial score (nSPS) is 14.9. The summed E-state index contributed by atoms with van der Waals surface area (Å²) < 4.78 is 21.7. The number of ether oxygens (including phenoxy) is 1. The Morgan fingerprint density at radius 3 is 2.49 bits per heavy atom. The van der Waals surface area contributed by atoms with Gasteiger partial charge in [-0.3, -0.25) is 14.6 Å². The van der Waals surface area contributed by atoms with Crippen LogP contribution in [0.1, 0.15) is 19.8 Å². The zero-order valence-corrected chi connectivity index (χ0v) is 28.4. The highest BCUT2D eigenvalue weighted by Crippen LogP contribution is 2.43. The van der Waals surface area contributed by atoms with Crippen LogP contribution in [-0.2, 0) is 11.6 Å². The fourth-order valence-electron chi connectivity index (χ4n) is 5.58. The minimum Gasteiger partial charge on any atom is -0.494 e. The molecule has 0 unspecified atom stereocenters. The molecule has 6 rings (SSSR count). The van der Waals surface area contributed by atoms with Gasteiger partial charge in [-0.2, -0.15) is 10.1 Å². The molecule has 0 atom stereocenters. The molecule has 0 radical (unpaired) electrons. The van der Waals surface area contributed by atoms with Crippen molar-refractivity contribution in [1.29, 1.82) is 0 Å². The highest BCUT2D eigenvalue weighted by Gasteiger charge is 2.28. The molecule has 1 saturated heterocycles. The SMILES string of the molecule is COc1cc(N2CCC(C)(N)CC2)c(-c2cnn(C)c2)cc1Nc1ncc(Br)c(Nc2ccc3nccnc3c2P(C)(C)=O)n1.